The Morgan fingerprint density at radius 2 is 1.97 bits per heavy atom. The maximum Gasteiger partial charge on any atom is 0.300 e. The van der Waals surface area contributed by atoms with Crippen molar-refractivity contribution in [2.24, 2.45) is 0 Å². The van der Waals surface area contributed by atoms with E-state index >= 15 is 0 Å². The number of nitro benzene ring substituents is 1. The molecule has 12 heteroatoms. The van der Waals surface area contributed by atoms with Crippen LogP contribution in [0.1, 0.15) is 34.1 Å². The number of fused-ring (bicyclic) bond motifs is 1. The Bertz CT molecular complexity index is 1350. The molecule has 1 fully saturated rings. The number of nitrogens with zero attached hydrogens (tertiary/aromatic N) is 5. The van der Waals surface area contributed by atoms with E-state index in [-0.39, 0.29) is 33.3 Å². The van der Waals surface area contributed by atoms with E-state index in [9.17, 15) is 19.3 Å². The molecule has 2 aromatic carbocycles. The summed E-state index contributed by atoms with van der Waals surface area (Å²) in [5.41, 5.74) is 1.02. The van der Waals surface area contributed by atoms with Crippen LogP contribution in [0.15, 0.2) is 44.9 Å². The molecule has 2 aromatic heterocycles. The first-order chi connectivity index (χ1) is 14.9. The largest absolute Gasteiger partial charge is 0.300 e. The maximum absolute atomic E-state index is 14.0. The van der Waals surface area contributed by atoms with E-state index in [1.807, 2.05) is 0 Å². The van der Waals surface area contributed by atoms with Crippen molar-refractivity contribution in [3.05, 3.63) is 66.8 Å². The summed E-state index contributed by atoms with van der Waals surface area (Å²) in [5.74, 6) is -0.776. The zero-order chi connectivity index (χ0) is 21.7. The molecular formula is C19H11BrFN5O4S. The highest BCUT2D eigenvalue weighted by molar-refractivity contribution is 9.10. The van der Waals surface area contributed by atoms with Crippen molar-refractivity contribution in [2.75, 3.05) is 4.90 Å². The van der Waals surface area contributed by atoms with Crippen LogP contribution in [0.3, 0.4) is 0 Å². The number of aromatic nitrogens is 3. The molecular weight excluding hydrogens is 493 g/mol. The third kappa shape index (κ3) is 3.47. The standard InChI is InChI=1S/C19H11BrFN5O4S/c20-15-8-31-18(22-15)19(27)25(12-4-3-10(21)7-11(12)9-1-2-9)13-5-6-14(26(28)29)17-16(13)23-30-24-17/h3-9H,1-2H2. The first-order valence-electron chi connectivity index (χ1n) is 9.08. The molecule has 5 rings (SSSR count). The van der Waals surface area contributed by atoms with Gasteiger partial charge in [0.15, 0.2) is 10.5 Å². The number of hydrogen-bond acceptors (Lipinski definition) is 8. The lowest BCUT2D eigenvalue weighted by Crippen LogP contribution is -2.27. The van der Waals surface area contributed by atoms with Crippen molar-refractivity contribution in [1.82, 2.24) is 15.3 Å². The number of halogens is 2. The van der Waals surface area contributed by atoms with Gasteiger partial charge in [-0.3, -0.25) is 19.8 Å². The molecule has 0 atom stereocenters. The SMILES string of the molecule is O=C(c1nc(Br)cs1)N(c1ccc(F)cc1C1CC1)c1ccc([N+](=O)[O-])c2nonc12. The number of rotatable bonds is 5. The van der Waals surface area contributed by atoms with E-state index in [0.29, 0.717) is 15.9 Å². The van der Waals surface area contributed by atoms with E-state index in [2.05, 4.69) is 31.2 Å². The molecule has 156 valence electrons. The van der Waals surface area contributed by atoms with Crippen LogP contribution in [0.5, 0.6) is 0 Å². The van der Waals surface area contributed by atoms with Gasteiger partial charge in [0, 0.05) is 11.4 Å². The van der Waals surface area contributed by atoms with Crippen molar-refractivity contribution >= 4 is 61.3 Å². The monoisotopic (exact) mass is 503 g/mol. The zero-order valence-electron chi connectivity index (χ0n) is 15.5. The number of anilines is 2. The summed E-state index contributed by atoms with van der Waals surface area (Å²) in [5, 5.41) is 20.7. The Kier molecular flexibility index (Phi) is 4.74. The highest BCUT2D eigenvalue weighted by Gasteiger charge is 2.34. The molecule has 9 nitrogen and oxygen atoms in total. The molecule has 0 spiro atoms. The fourth-order valence-corrected chi connectivity index (χ4v) is 4.59. The van der Waals surface area contributed by atoms with Gasteiger partial charge < -0.3 is 0 Å². The molecule has 31 heavy (non-hydrogen) atoms. The summed E-state index contributed by atoms with van der Waals surface area (Å²) in [6.45, 7) is 0. The van der Waals surface area contributed by atoms with Crippen LogP contribution in [0.2, 0.25) is 0 Å². The number of hydrogen-bond donors (Lipinski definition) is 0. The van der Waals surface area contributed by atoms with Gasteiger partial charge in [-0.15, -0.1) is 11.3 Å². The molecule has 1 aliphatic carbocycles. The minimum Gasteiger partial charge on any atom is -0.272 e. The lowest BCUT2D eigenvalue weighted by Gasteiger charge is -2.24. The van der Waals surface area contributed by atoms with Crippen LogP contribution >= 0.6 is 27.3 Å². The lowest BCUT2D eigenvalue weighted by atomic mass is 10.1. The van der Waals surface area contributed by atoms with Crippen LogP contribution < -0.4 is 4.90 Å². The van der Waals surface area contributed by atoms with Gasteiger partial charge >= 0.3 is 5.69 Å². The van der Waals surface area contributed by atoms with E-state index < -0.39 is 16.6 Å². The second kappa shape index (κ2) is 7.46. The Morgan fingerprint density at radius 3 is 2.65 bits per heavy atom. The van der Waals surface area contributed by atoms with Crippen LogP contribution in [0, 0.1) is 15.9 Å². The number of amides is 1. The average Bonchev–Trinajstić information content (AvgIpc) is 3.30. The number of carbonyl (C=O) groups excluding carboxylic acids is 1. The predicted molar refractivity (Wildman–Crippen MR) is 113 cm³/mol. The molecule has 0 radical (unpaired) electrons. The Hall–Kier alpha value is -3.25. The topological polar surface area (TPSA) is 115 Å². The van der Waals surface area contributed by atoms with Gasteiger partial charge in [-0.05, 0) is 74.8 Å². The average molecular weight is 504 g/mol. The summed E-state index contributed by atoms with van der Waals surface area (Å²) < 4.78 is 19.3. The van der Waals surface area contributed by atoms with Crippen LogP contribution in [0.4, 0.5) is 21.5 Å². The maximum atomic E-state index is 14.0. The van der Waals surface area contributed by atoms with Crippen LogP contribution in [0.25, 0.3) is 11.0 Å². The van der Waals surface area contributed by atoms with E-state index in [0.717, 1.165) is 24.2 Å². The van der Waals surface area contributed by atoms with Gasteiger partial charge in [-0.1, -0.05) is 0 Å². The quantitative estimate of drug-likeness (QED) is 0.266. The van der Waals surface area contributed by atoms with Crippen molar-refractivity contribution in [2.45, 2.75) is 18.8 Å². The van der Waals surface area contributed by atoms with Gasteiger partial charge in [-0.2, -0.15) is 0 Å². The minimum atomic E-state index is -0.603. The van der Waals surface area contributed by atoms with Crippen molar-refractivity contribution in [1.29, 1.82) is 0 Å². The highest BCUT2D eigenvalue weighted by Crippen LogP contribution is 2.47. The summed E-state index contributed by atoms with van der Waals surface area (Å²) in [7, 11) is 0. The lowest BCUT2D eigenvalue weighted by molar-refractivity contribution is -0.383. The van der Waals surface area contributed by atoms with Crippen molar-refractivity contribution < 1.29 is 18.7 Å². The minimum absolute atomic E-state index is 0.0456. The number of thiazole rings is 1. The third-order valence-electron chi connectivity index (χ3n) is 4.92. The number of benzene rings is 2. The molecule has 0 unspecified atom stereocenters. The molecule has 2 heterocycles. The molecule has 0 saturated heterocycles. The number of nitro groups is 1. The second-order valence-corrected chi connectivity index (χ2v) is 8.59. The molecule has 0 N–H and O–H groups in total. The van der Waals surface area contributed by atoms with Crippen LogP contribution in [-0.4, -0.2) is 26.1 Å². The first-order valence-corrected chi connectivity index (χ1v) is 10.8. The normalized spacial score (nSPS) is 13.5. The number of non-ortho nitro benzene ring substituents is 1. The summed E-state index contributed by atoms with van der Waals surface area (Å²) in [6, 6.07) is 6.84. The van der Waals surface area contributed by atoms with Crippen LogP contribution in [-0.2, 0) is 0 Å². The van der Waals surface area contributed by atoms with E-state index in [4.69, 9.17) is 4.63 Å². The zero-order valence-corrected chi connectivity index (χ0v) is 17.9. The molecule has 4 aromatic rings. The Balaban J connectivity index is 1.76. The van der Waals surface area contributed by atoms with Gasteiger partial charge in [-0.25, -0.2) is 14.0 Å². The second-order valence-electron chi connectivity index (χ2n) is 6.92. The predicted octanol–water partition coefficient (Wildman–Crippen LogP) is 5.35. The fourth-order valence-electron chi connectivity index (χ4n) is 3.42. The summed E-state index contributed by atoms with van der Waals surface area (Å²) in [4.78, 5) is 29.9. The van der Waals surface area contributed by atoms with Gasteiger partial charge in [0.1, 0.15) is 10.4 Å². The third-order valence-corrected chi connectivity index (χ3v) is 6.46. The summed E-state index contributed by atoms with van der Waals surface area (Å²) >= 11 is 4.38. The molecule has 1 amide bonds. The number of carbonyl (C=O) groups is 1. The Morgan fingerprint density at radius 1 is 1.23 bits per heavy atom. The smallest absolute Gasteiger partial charge is 0.272 e. The molecule has 0 aliphatic heterocycles. The molecule has 0 bridgehead atoms. The fraction of sp³-hybridized carbons (Fsp3) is 0.158. The summed E-state index contributed by atoms with van der Waals surface area (Å²) in [6.07, 6.45) is 1.75. The van der Waals surface area contributed by atoms with Crippen molar-refractivity contribution in [3.8, 4) is 0 Å². The molecule has 1 saturated carbocycles. The van der Waals surface area contributed by atoms with Gasteiger partial charge in [0.05, 0.1) is 16.3 Å². The van der Waals surface area contributed by atoms with E-state index in [1.54, 1.807) is 5.38 Å². The van der Waals surface area contributed by atoms with Gasteiger partial charge in [0.2, 0.25) is 5.52 Å². The van der Waals surface area contributed by atoms with E-state index in [1.165, 1.54) is 35.2 Å². The van der Waals surface area contributed by atoms with Gasteiger partial charge in [0.25, 0.3) is 5.91 Å². The molecule has 1 aliphatic rings. The van der Waals surface area contributed by atoms with Crippen molar-refractivity contribution in [3.63, 3.8) is 0 Å². The first kappa shape index (κ1) is 19.7. The highest BCUT2D eigenvalue weighted by atomic mass is 79.9. The Labute approximate surface area is 185 Å².